The van der Waals surface area contributed by atoms with Crippen LogP contribution >= 0.6 is 23.2 Å². The van der Waals surface area contributed by atoms with Gasteiger partial charge in [-0.1, -0.05) is 54.6 Å². The Morgan fingerprint density at radius 3 is 2.12 bits per heavy atom. The number of carbonyl (C=O) groups excluding carboxylic acids is 2. The minimum atomic E-state index is -0.868. The van der Waals surface area contributed by atoms with Crippen molar-refractivity contribution in [3.63, 3.8) is 0 Å². The van der Waals surface area contributed by atoms with E-state index < -0.39 is 17.9 Å². The van der Waals surface area contributed by atoms with E-state index in [0.29, 0.717) is 38.5 Å². The number of furan rings is 1. The van der Waals surface area contributed by atoms with Crippen LogP contribution < -0.4 is 5.32 Å². The lowest BCUT2D eigenvalue weighted by Crippen LogP contribution is -2.32. The highest BCUT2D eigenvalue weighted by molar-refractivity contribution is 6.43. The van der Waals surface area contributed by atoms with Gasteiger partial charge in [0.2, 0.25) is 0 Å². The molecule has 2 heterocycles. The van der Waals surface area contributed by atoms with Crippen LogP contribution in [0.1, 0.15) is 25.5 Å². The predicted octanol–water partition coefficient (Wildman–Crippen LogP) is 5.95. The Hall–Kier alpha value is -3.22. The van der Waals surface area contributed by atoms with Gasteiger partial charge in [-0.15, -0.1) is 0 Å². The normalized spacial score (nSPS) is 14.1. The van der Waals surface area contributed by atoms with Crippen LogP contribution in [0.4, 0.5) is 0 Å². The zero-order chi connectivity index (χ0) is 24.1. The fraction of sp³-hybridized carbons (Fsp3) is 0.200. The number of hydrogen-bond donors (Lipinski definition) is 1. The van der Waals surface area contributed by atoms with E-state index in [1.807, 2.05) is 0 Å². The molecule has 1 aromatic carbocycles. The van der Waals surface area contributed by atoms with E-state index in [9.17, 15) is 9.59 Å². The molecule has 1 aromatic heterocycles. The largest absolute Gasteiger partial charge is 0.460 e. The summed E-state index contributed by atoms with van der Waals surface area (Å²) >= 11 is 12.5. The van der Waals surface area contributed by atoms with E-state index in [1.165, 1.54) is 12.2 Å². The molecule has 0 radical (unpaired) electrons. The monoisotopic (exact) mass is 487 g/mol. The van der Waals surface area contributed by atoms with E-state index in [1.54, 1.807) is 44.2 Å². The summed E-state index contributed by atoms with van der Waals surface area (Å²) in [7, 11) is 0. The number of esters is 2. The molecule has 172 valence electrons. The van der Waals surface area contributed by atoms with Crippen LogP contribution in [-0.4, -0.2) is 25.2 Å². The lowest BCUT2D eigenvalue weighted by atomic mass is 9.83. The summed E-state index contributed by atoms with van der Waals surface area (Å²) in [6.07, 6.45) is 2.93. The molecule has 3 rings (SSSR count). The molecule has 0 spiro atoms. The lowest BCUT2D eigenvalue weighted by molar-refractivity contribution is -0.139. The van der Waals surface area contributed by atoms with Gasteiger partial charge in [0.25, 0.3) is 0 Å². The van der Waals surface area contributed by atoms with Gasteiger partial charge in [-0.05, 0) is 38.1 Å². The van der Waals surface area contributed by atoms with Crippen LogP contribution in [-0.2, 0) is 19.1 Å². The third-order valence-electron chi connectivity index (χ3n) is 4.99. The molecule has 0 atom stereocenters. The van der Waals surface area contributed by atoms with Gasteiger partial charge in [0, 0.05) is 17.0 Å². The number of ether oxygens (including phenoxy) is 2. The maximum absolute atomic E-state index is 13.0. The van der Waals surface area contributed by atoms with E-state index in [-0.39, 0.29) is 24.4 Å². The molecule has 0 fully saturated rings. The maximum Gasteiger partial charge on any atom is 0.337 e. The number of rotatable bonds is 8. The van der Waals surface area contributed by atoms with Crippen molar-refractivity contribution in [2.75, 3.05) is 13.2 Å². The Labute approximate surface area is 202 Å². The zero-order valence-corrected chi connectivity index (χ0v) is 19.8. The van der Waals surface area contributed by atoms with Crippen molar-refractivity contribution in [1.82, 2.24) is 5.32 Å². The highest BCUT2D eigenvalue weighted by Crippen LogP contribution is 2.42. The second-order valence-corrected chi connectivity index (χ2v) is 8.00. The Bertz CT molecular complexity index is 1130. The van der Waals surface area contributed by atoms with Crippen LogP contribution in [0.15, 0.2) is 82.6 Å². The molecule has 0 saturated carbocycles. The van der Waals surface area contributed by atoms with Gasteiger partial charge in [0.1, 0.15) is 24.7 Å². The Kier molecular flexibility index (Phi) is 7.84. The first kappa shape index (κ1) is 24.4. The Morgan fingerprint density at radius 1 is 1.00 bits per heavy atom. The van der Waals surface area contributed by atoms with Gasteiger partial charge >= 0.3 is 11.9 Å². The molecule has 0 saturated heterocycles. The van der Waals surface area contributed by atoms with Gasteiger partial charge in [-0.3, -0.25) is 0 Å². The molecule has 0 bridgehead atoms. The SMILES string of the molecule is C=CCOC(=O)C1=C(C)NC(C)=C(C(=O)OCC=C)C1c1ccc(-c2cccc(Cl)c2Cl)o1. The molecule has 1 aliphatic heterocycles. The molecular weight excluding hydrogens is 465 g/mol. The first-order valence-corrected chi connectivity index (χ1v) is 10.8. The van der Waals surface area contributed by atoms with Crippen LogP contribution in [0, 0.1) is 0 Å². The van der Waals surface area contributed by atoms with Gasteiger partial charge in [-0.2, -0.15) is 0 Å². The van der Waals surface area contributed by atoms with Crippen LogP contribution in [0.25, 0.3) is 11.3 Å². The van der Waals surface area contributed by atoms with E-state index in [2.05, 4.69) is 18.5 Å². The van der Waals surface area contributed by atoms with Gasteiger partial charge in [-0.25, -0.2) is 9.59 Å². The number of carbonyl (C=O) groups is 2. The van der Waals surface area contributed by atoms with Crippen LogP contribution in [0.5, 0.6) is 0 Å². The van der Waals surface area contributed by atoms with E-state index in [0.717, 1.165) is 0 Å². The standard InChI is InChI=1S/C25H23Cl2NO5/c1-5-12-31-24(29)20-14(3)28-15(4)21(25(30)32-13-6-2)22(20)19-11-10-18(33-19)16-8-7-9-17(26)23(16)27/h5-11,22,28H,1-2,12-13H2,3-4H3. The molecular formula is C25H23Cl2NO5. The fourth-order valence-electron chi connectivity index (χ4n) is 3.59. The molecule has 6 nitrogen and oxygen atoms in total. The minimum Gasteiger partial charge on any atom is -0.460 e. The van der Waals surface area contributed by atoms with Gasteiger partial charge in [0.15, 0.2) is 0 Å². The van der Waals surface area contributed by atoms with Crippen LogP contribution in [0.3, 0.4) is 0 Å². The quantitative estimate of drug-likeness (QED) is 0.366. The van der Waals surface area contributed by atoms with Crippen molar-refractivity contribution in [1.29, 1.82) is 0 Å². The fourth-order valence-corrected chi connectivity index (χ4v) is 3.98. The Balaban J connectivity index is 2.13. The first-order chi connectivity index (χ1) is 15.8. The summed E-state index contributed by atoms with van der Waals surface area (Å²) in [6.45, 7) is 10.6. The minimum absolute atomic E-state index is 0.0167. The zero-order valence-electron chi connectivity index (χ0n) is 18.2. The number of nitrogens with one attached hydrogen (secondary N) is 1. The van der Waals surface area contributed by atoms with Gasteiger partial charge < -0.3 is 19.2 Å². The van der Waals surface area contributed by atoms with Crippen molar-refractivity contribution in [3.05, 3.63) is 94.0 Å². The van der Waals surface area contributed by atoms with Crippen LogP contribution in [0.2, 0.25) is 10.0 Å². The lowest BCUT2D eigenvalue weighted by Gasteiger charge is -2.29. The van der Waals surface area contributed by atoms with Crippen molar-refractivity contribution in [3.8, 4) is 11.3 Å². The van der Waals surface area contributed by atoms with Crippen molar-refractivity contribution in [2.45, 2.75) is 19.8 Å². The second kappa shape index (κ2) is 10.6. The van der Waals surface area contributed by atoms with Gasteiger partial charge in [0.05, 0.1) is 27.1 Å². The number of dihydropyridines is 1. The summed E-state index contributed by atoms with van der Waals surface area (Å²) in [5, 5.41) is 3.79. The number of allylic oxidation sites excluding steroid dienone is 2. The highest BCUT2D eigenvalue weighted by Gasteiger charge is 2.40. The summed E-state index contributed by atoms with van der Waals surface area (Å²) in [6, 6.07) is 8.58. The molecule has 0 aliphatic carbocycles. The number of hydrogen-bond acceptors (Lipinski definition) is 6. The summed E-state index contributed by atoms with van der Waals surface area (Å²) < 4.78 is 16.7. The first-order valence-electron chi connectivity index (χ1n) is 10.1. The maximum atomic E-state index is 13.0. The molecule has 8 heteroatoms. The molecule has 1 aliphatic rings. The van der Waals surface area contributed by atoms with Crippen molar-refractivity contribution >= 4 is 35.1 Å². The second-order valence-electron chi connectivity index (χ2n) is 7.21. The molecule has 0 amide bonds. The highest BCUT2D eigenvalue weighted by atomic mass is 35.5. The Morgan fingerprint density at radius 2 is 1.58 bits per heavy atom. The average molecular weight is 488 g/mol. The summed E-state index contributed by atoms with van der Waals surface area (Å²) in [4.78, 5) is 26.0. The predicted molar refractivity (Wildman–Crippen MR) is 128 cm³/mol. The molecule has 2 aromatic rings. The van der Waals surface area contributed by atoms with E-state index >= 15 is 0 Å². The van der Waals surface area contributed by atoms with Crippen molar-refractivity contribution < 1.29 is 23.5 Å². The third kappa shape index (κ3) is 5.07. The number of benzene rings is 1. The summed E-state index contributed by atoms with van der Waals surface area (Å²) in [5.74, 6) is -1.30. The van der Waals surface area contributed by atoms with E-state index in [4.69, 9.17) is 37.1 Å². The number of halogens is 2. The molecule has 0 unspecified atom stereocenters. The average Bonchev–Trinajstić information content (AvgIpc) is 3.26. The molecule has 1 N–H and O–H groups in total. The molecule has 33 heavy (non-hydrogen) atoms. The topological polar surface area (TPSA) is 77.8 Å². The summed E-state index contributed by atoms with van der Waals surface area (Å²) in [5.41, 5.74) is 2.10. The third-order valence-corrected chi connectivity index (χ3v) is 5.81. The smallest absolute Gasteiger partial charge is 0.337 e. The van der Waals surface area contributed by atoms with Crippen molar-refractivity contribution in [2.24, 2.45) is 0 Å².